The first kappa shape index (κ1) is 20.1. The summed E-state index contributed by atoms with van der Waals surface area (Å²) in [7, 11) is 3.27. The Labute approximate surface area is 183 Å². The zero-order valence-electron chi connectivity index (χ0n) is 17.7. The average molecular weight is 432 g/mol. The quantitative estimate of drug-likeness (QED) is 0.524. The second kappa shape index (κ2) is 8.01. The van der Waals surface area contributed by atoms with Gasteiger partial charge in [0.25, 0.3) is 0 Å². The van der Waals surface area contributed by atoms with Crippen molar-refractivity contribution in [3.63, 3.8) is 0 Å². The van der Waals surface area contributed by atoms with Crippen LogP contribution in [0.2, 0.25) is 0 Å². The number of nitrogens with zero attached hydrogens (tertiary/aromatic N) is 7. The highest BCUT2D eigenvalue weighted by molar-refractivity contribution is 5.97. The van der Waals surface area contributed by atoms with Crippen LogP contribution in [-0.2, 0) is 7.05 Å². The monoisotopic (exact) mass is 432 g/mol. The number of fused-ring (bicyclic) bond motifs is 2. The summed E-state index contributed by atoms with van der Waals surface area (Å²) in [5.74, 6) is 0.00911. The van der Waals surface area contributed by atoms with Gasteiger partial charge in [0.15, 0.2) is 5.82 Å². The average Bonchev–Trinajstić information content (AvgIpc) is 3.20. The Hall–Kier alpha value is -3.84. The summed E-state index contributed by atoms with van der Waals surface area (Å²) in [6.07, 6.45) is 3.73. The number of anilines is 1. The molecule has 162 valence electrons. The van der Waals surface area contributed by atoms with Crippen LogP contribution in [0.1, 0.15) is 6.42 Å². The number of nitrogens with one attached hydrogen (secondary N) is 1. The van der Waals surface area contributed by atoms with Crippen molar-refractivity contribution in [3.8, 4) is 23.3 Å². The van der Waals surface area contributed by atoms with Crippen molar-refractivity contribution in [2.75, 3.05) is 31.6 Å². The molecular formula is C22H21FN8O. The molecule has 1 aliphatic rings. The molecule has 1 aromatic carbocycles. The fourth-order valence-corrected chi connectivity index (χ4v) is 4.23. The number of aromatic nitrogens is 5. The first-order chi connectivity index (χ1) is 15.6. The van der Waals surface area contributed by atoms with E-state index in [4.69, 9.17) is 10.00 Å². The van der Waals surface area contributed by atoms with E-state index >= 15 is 4.39 Å². The Morgan fingerprint density at radius 2 is 2.19 bits per heavy atom. The van der Waals surface area contributed by atoms with Gasteiger partial charge in [0.1, 0.15) is 17.0 Å². The van der Waals surface area contributed by atoms with Gasteiger partial charge < -0.3 is 15.0 Å². The van der Waals surface area contributed by atoms with Crippen molar-refractivity contribution in [2.45, 2.75) is 12.5 Å². The van der Waals surface area contributed by atoms with Crippen LogP contribution in [0, 0.1) is 17.1 Å². The van der Waals surface area contributed by atoms with E-state index in [1.165, 1.54) is 7.11 Å². The zero-order valence-corrected chi connectivity index (χ0v) is 17.7. The van der Waals surface area contributed by atoms with Gasteiger partial charge in [-0.05, 0) is 0 Å². The number of rotatable bonds is 4. The van der Waals surface area contributed by atoms with E-state index < -0.39 is 5.82 Å². The Morgan fingerprint density at radius 3 is 3.00 bits per heavy atom. The molecule has 32 heavy (non-hydrogen) atoms. The van der Waals surface area contributed by atoms with Gasteiger partial charge >= 0.3 is 6.01 Å². The van der Waals surface area contributed by atoms with E-state index in [0.29, 0.717) is 42.8 Å². The van der Waals surface area contributed by atoms with Crippen molar-refractivity contribution >= 4 is 27.6 Å². The maximum Gasteiger partial charge on any atom is 0.318 e. The second-order valence-electron chi connectivity index (χ2n) is 7.69. The highest BCUT2D eigenvalue weighted by atomic mass is 19.1. The van der Waals surface area contributed by atoms with E-state index in [0.717, 1.165) is 10.9 Å². The molecule has 4 heterocycles. The number of para-hydroxylation sites is 1. The number of aryl methyl sites for hydroxylation is 1. The predicted octanol–water partition coefficient (Wildman–Crippen LogP) is 2.42. The van der Waals surface area contributed by atoms with Crippen LogP contribution >= 0.6 is 0 Å². The fraction of sp³-hybridized carbons (Fsp3) is 0.318. The van der Waals surface area contributed by atoms with Gasteiger partial charge in [-0.15, -0.1) is 0 Å². The molecule has 0 aliphatic carbocycles. The van der Waals surface area contributed by atoms with Gasteiger partial charge in [-0.2, -0.15) is 20.3 Å². The van der Waals surface area contributed by atoms with Crippen LogP contribution in [0.4, 0.5) is 10.2 Å². The number of benzene rings is 1. The molecule has 10 heteroatoms. The summed E-state index contributed by atoms with van der Waals surface area (Å²) in [5.41, 5.74) is 1.77. The highest BCUT2D eigenvalue weighted by Gasteiger charge is 2.25. The lowest BCUT2D eigenvalue weighted by atomic mass is 10.1. The molecule has 5 rings (SSSR count). The second-order valence-corrected chi connectivity index (χ2v) is 7.69. The lowest BCUT2D eigenvalue weighted by Crippen LogP contribution is -2.51. The molecule has 0 bridgehead atoms. The maximum atomic E-state index is 15.9. The van der Waals surface area contributed by atoms with E-state index in [1.807, 2.05) is 30.1 Å². The first-order valence-electron chi connectivity index (χ1n) is 10.3. The third kappa shape index (κ3) is 3.27. The molecule has 0 spiro atoms. The molecule has 1 unspecified atom stereocenters. The summed E-state index contributed by atoms with van der Waals surface area (Å²) >= 11 is 0. The van der Waals surface area contributed by atoms with Crippen molar-refractivity contribution in [1.29, 1.82) is 5.26 Å². The van der Waals surface area contributed by atoms with Gasteiger partial charge in [-0.25, -0.2) is 4.39 Å². The number of hydrogen-bond donors (Lipinski definition) is 1. The first-order valence-corrected chi connectivity index (χ1v) is 10.3. The lowest BCUT2D eigenvalue weighted by molar-refractivity contribution is 0.380. The van der Waals surface area contributed by atoms with E-state index in [9.17, 15) is 0 Å². The molecule has 1 atom stereocenters. The number of hydrogen-bond acceptors (Lipinski definition) is 8. The van der Waals surface area contributed by atoms with Gasteiger partial charge in [0.05, 0.1) is 36.7 Å². The molecule has 3 aromatic heterocycles. The standard InChI is InChI=1S/C22H21FN8O/c1-30-20-13(10-27-30)4-3-5-15(20)18-17(23)19-16(11-26-18)21(29-22(28-19)32-2)31-9-8-25-14(12-31)6-7-24/h3-5,10-11,14,25H,6,8-9,12H2,1-2H3. The highest BCUT2D eigenvalue weighted by Crippen LogP contribution is 2.34. The van der Waals surface area contributed by atoms with Gasteiger partial charge in [0, 0.05) is 49.9 Å². The minimum absolute atomic E-state index is 0.00397. The molecule has 4 aromatic rings. The van der Waals surface area contributed by atoms with Gasteiger partial charge in [0.2, 0.25) is 0 Å². The predicted molar refractivity (Wildman–Crippen MR) is 118 cm³/mol. The number of nitriles is 1. The van der Waals surface area contributed by atoms with Crippen LogP contribution < -0.4 is 15.0 Å². The maximum absolute atomic E-state index is 15.9. The Balaban J connectivity index is 1.68. The van der Waals surface area contributed by atoms with E-state index in [2.05, 4.69) is 31.4 Å². The van der Waals surface area contributed by atoms with E-state index in [-0.39, 0.29) is 23.3 Å². The van der Waals surface area contributed by atoms with Crippen LogP contribution in [0.3, 0.4) is 0 Å². The minimum atomic E-state index is -0.540. The Bertz CT molecular complexity index is 1360. The molecule has 1 saturated heterocycles. The molecular weight excluding hydrogens is 411 g/mol. The van der Waals surface area contributed by atoms with Crippen molar-refractivity contribution in [3.05, 3.63) is 36.4 Å². The van der Waals surface area contributed by atoms with Crippen LogP contribution in [0.25, 0.3) is 33.1 Å². The third-order valence-corrected chi connectivity index (χ3v) is 5.73. The van der Waals surface area contributed by atoms with E-state index in [1.54, 1.807) is 17.1 Å². The lowest BCUT2D eigenvalue weighted by Gasteiger charge is -2.34. The number of halogens is 1. The Kier molecular flexibility index (Phi) is 5.03. The van der Waals surface area contributed by atoms with Crippen molar-refractivity contribution in [1.82, 2.24) is 30.0 Å². The summed E-state index contributed by atoms with van der Waals surface area (Å²) in [5, 5.41) is 18.1. The number of ether oxygens (including phenoxy) is 1. The third-order valence-electron chi connectivity index (χ3n) is 5.73. The summed E-state index contributed by atoms with van der Waals surface area (Å²) < 4.78 is 22.9. The molecule has 0 saturated carbocycles. The largest absolute Gasteiger partial charge is 0.467 e. The smallest absolute Gasteiger partial charge is 0.318 e. The van der Waals surface area contributed by atoms with Gasteiger partial charge in [-0.3, -0.25) is 9.67 Å². The van der Waals surface area contributed by atoms with Crippen LogP contribution in [0.15, 0.2) is 30.6 Å². The molecule has 0 radical (unpaired) electrons. The summed E-state index contributed by atoms with van der Waals surface area (Å²) in [6, 6.07) is 7.88. The minimum Gasteiger partial charge on any atom is -0.467 e. The van der Waals surface area contributed by atoms with Crippen molar-refractivity contribution in [2.24, 2.45) is 7.05 Å². The number of methoxy groups -OCH3 is 1. The molecule has 1 N–H and O–H groups in total. The zero-order chi connectivity index (χ0) is 22.2. The molecule has 1 fully saturated rings. The normalized spacial score (nSPS) is 16.4. The number of piperazine rings is 1. The SMILES string of the molecule is COc1nc(N2CCNC(CC#N)C2)c2cnc(-c3cccc4cnn(C)c34)c(F)c2n1. The topological polar surface area (TPSA) is 105 Å². The Morgan fingerprint density at radius 1 is 1.31 bits per heavy atom. The fourth-order valence-electron chi connectivity index (χ4n) is 4.23. The van der Waals surface area contributed by atoms with Gasteiger partial charge in [-0.1, -0.05) is 18.2 Å². The molecule has 9 nitrogen and oxygen atoms in total. The summed E-state index contributed by atoms with van der Waals surface area (Å²) in [4.78, 5) is 15.3. The summed E-state index contributed by atoms with van der Waals surface area (Å²) in [6.45, 7) is 1.92. The van der Waals surface area contributed by atoms with Crippen molar-refractivity contribution < 1.29 is 9.13 Å². The molecule has 0 amide bonds. The van der Waals surface area contributed by atoms with Crippen LogP contribution in [-0.4, -0.2) is 57.5 Å². The molecule has 1 aliphatic heterocycles. The number of pyridine rings is 1. The van der Waals surface area contributed by atoms with Crippen LogP contribution in [0.5, 0.6) is 6.01 Å².